The van der Waals surface area contributed by atoms with Crippen LogP contribution < -0.4 is 92.6 Å². The van der Waals surface area contributed by atoms with Crippen LogP contribution in [0.4, 0.5) is 85.3 Å². The largest absolute Gasteiger partial charge is 0.458 e. The van der Waals surface area contributed by atoms with E-state index in [1.807, 2.05) is 0 Å². The van der Waals surface area contributed by atoms with Crippen molar-refractivity contribution >= 4 is 155 Å². The molecule has 6 heterocycles. The van der Waals surface area contributed by atoms with E-state index >= 15 is 0 Å². The molecule has 0 spiro atoms. The van der Waals surface area contributed by atoms with Crippen LogP contribution in [0.2, 0.25) is 0 Å². The van der Waals surface area contributed by atoms with Gasteiger partial charge < -0.3 is 43.4 Å². The first kappa shape index (κ1) is 57.7. The summed E-state index contributed by atoms with van der Waals surface area (Å²) in [6, 6.07) is 126. The van der Waals surface area contributed by atoms with E-state index < -0.39 is 0 Å². The number of nitrogens with zero attached hydrogens (tertiary/aromatic N) is 5. The maximum atomic E-state index is 7.65. The second kappa shape index (κ2) is 23.2. The number of para-hydroxylation sites is 10. The van der Waals surface area contributed by atoms with Crippen molar-refractivity contribution in [2.24, 2.45) is 0 Å². The molecule has 0 aliphatic carbocycles. The van der Waals surface area contributed by atoms with Gasteiger partial charge in [0.1, 0.15) is 46.0 Å². The molecule has 21 rings (SSSR count). The average molecular weight is 1310 g/mol. The molecule has 0 atom stereocenters. The van der Waals surface area contributed by atoms with Crippen molar-refractivity contribution in [1.29, 1.82) is 0 Å². The Hall–Kier alpha value is -13.3. The van der Waals surface area contributed by atoms with Crippen LogP contribution >= 0.6 is 0 Å². The van der Waals surface area contributed by atoms with Gasteiger partial charge in [-0.25, -0.2) is 0 Å². The fraction of sp³-hybridized carbons (Fsp3) is 0. The van der Waals surface area contributed by atoms with Crippen LogP contribution in [0.25, 0.3) is 0 Å². The molecule has 15 aromatic carbocycles. The Bertz CT molecular complexity index is 5400. The maximum absolute atomic E-state index is 7.65. The lowest BCUT2D eigenvalue weighted by Crippen LogP contribution is -2.65. The molecule has 0 unspecified atom stereocenters. The third kappa shape index (κ3) is 9.09. The van der Waals surface area contributed by atoms with E-state index in [-0.39, 0.29) is 20.1 Å². The third-order valence-electron chi connectivity index (χ3n) is 20.9. The molecule has 0 saturated heterocycles. The predicted octanol–water partition coefficient (Wildman–Crippen LogP) is 17.6. The van der Waals surface area contributed by atoms with Crippen molar-refractivity contribution in [1.82, 2.24) is 0 Å². The Labute approximate surface area is 592 Å². The standard InChI is InChI=1S/C90H58B3N5O4/c1-9-29-59(30-10-1)94(60-31-11-2-12-32-60)67-49-78-88-79(50-67)98(66-43-23-8-24-44-66)77-58-83-75(92-71-46-26-28-48-81(71)100-85-52-69(54-87(102-83)90(85)92)96(63-37-17-5-18-38-63)64-39-19-6-20-40-64)56-73(77)93(88)72-55-74-82(57-76(72)97(78)65-41-21-7-22-42-65)101-86-53-68(51-84-89(86)91(74)70-45-25-27-47-80(70)99-84)95(61-33-13-3-14-34-61)62-35-15-4-16-36-62/h1-58H. The fourth-order valence-electron chi connectivity index (χ4n) is 16.7. The molecule has 0 aromatic heterocycles. The van der Waals surface area contributed by atoms with E-state index in [0.717, 1.165) is 175 Å². The lowest BCUT2D eigenvalue weighted by atomic mass is 9.29. The molecular formula is C90H58B3N5O4. The monoisotopic (exact) mass is 1310 g/mol. The van der Waals surface area contributed by atoms with E-state index in [0.29, 0.717) is 0 Å². The lowest BCUT2D eigenvalue weighted by Gasteiger charge is -2.46. The Morgan fingerprint density at radius 3 is 0.775 bits per heavy atom. The molecular weight excluding hydrogens is 1250 g/mol. The molecule has 12 heteroatoms. The van der Waals surface area contributed by atoms with Gasteiger partial charge in [-0.1, -0.05) is 194 Å². The minimum atomic E-state index is -0.348. The van der Waals surface area contributed by atoms with Crippen LogP contribution in [0.5, 0.6) is 46.0 Å². The van der Waals surface area contributed by atoms with Crippen LogP contribution in [0.1, 0.15) is 0 Å². The van der Waals surface area contributed by atoms with E-state index in [1.165, 1.54) is 5.46 Å². The van der Waals surface area contributed by atoms with Gasteiger partial charge in [0, 0.05) is 116 Å². The number of fused-ring (bicyclic) bond motifs is 12. The Kier molecular flexibility index (Phi) is 13.1. The van der Waals surface area contributed by atoms with Gasteiger partial charge in [-0.15, -0.1) is 0 Å². The van der Waals surface area contributed by atoms with Gasteiger partial charge in [0.15, 0.2) is 0 Å². The summed E-state index contributed by atoms with van der Waals surface area (Å²) in [5, 5.41) is 0. The van der Waals surface area contributed by atoms with Gasteiger partial charge in [-0.05, 0) is 160 Å². The summed E-state index contributed by atoms with van der Waals surface area (Å²) in [7, 11) is 0. The number of rotatable bonds is 11. The van der Waals surface area contributed by atoms with Gasteiger partial charge in [-0.2, -0.15) is 0 Å². The Balaban J connectivity index is 0.838. The average Bonchev–Trinajstić information content (AvgIpc) is 0.688. The summed E-state index contributed by atoms with van der Waals surface area (Å²) in [4.78, 5) is 11.9. The van der Waals surface area contributed by atoms with E-state index in [9.17, 15) is 0 Å². The van der Waals surface area contributed by atoms with Crippen LogP contribution in [0.3, 0.4) is 0 Å². The highest BCUT2D eigenvalue weighted by atomic mass is 16.5. The summed E-state index contributed by atoms with van der Waals surface area (Å²) in [6.45, 7) is -0.871. The van der Waals surface area contributed by atoms with Crippen molar-refractivity contribution in [2.45, 2.75) is 0 Å². The first-order valence-corrected chi connectivity index (χ1v) is 34.8. The van der Waals surface area contributed by atoms with Crippen LogP contribution in [-0.2, 0) is 0 Å². The number of benzene rings is 15. The minimum absolute atomic E-state index is 0.261. The molecule has 102 heavy (non-hydrogen) atoms. The summed E-state index contributed by atoms with van der Waals surface area (Å²) >= 11 is 0. The minimum Gasteiger partial charge on any atom is -0.458 e. The zero-order valence-corrected chi connectivity index (χ0v) is 55.1. The number of hydrogen-bond acceptors (Lipinski definition) is 9. The topological polar surface area (TPSA) is 53.1 Å². The molecule has 15 aromatic rings. The SMILES string of the molecule is c1ccc(N(c2ccccc2)c2cc3c4c(c2)Oc2cc5c(cc2B4c2ccccc2O3)B2c3cc4c(cc3N(c3ccccc3)c3cc(N(c6ccccc6)c6ccccc6)cc(c32)N5c2ccccc2)Oc2cc(N(c3ccccc3)c3ccccc3)cc3c2B4c2ccccc2O3)cc1. The zero-order chi connectivity index (χ0) is 66.9. The number of hydrogen-bond donors (Lipinski definition) is 0. The van der Waals surface area contributed by atoms with Gasteiger partial charge in [0.2, 0.25) is 0 Å². The molecule has 6 aliphatic rings. The Morgan fingerprint density at radius 2 is 0.451 bits per heavy atom. The quantitative estimate of drug-likeness (QED) is 0.118. The van der Waals surface area contributed by atoms with Crippen molar-refractivity contribution < 1.29 is 18.9 Å². The fourth-order valence-corrected chi connectivity index (χ4v) is 16.7. The van der Waals surface area contributed by atoms with E-state index in [1.54, 1.807) is 0 Å². The second-order valence-electron chi connectivity index (χ2n) is 26.7. The molecule has 0 radical (unpaired) electrons. The summed E-state index contributed by atoms with van der Waals surface area (Å²) in [6.07, 6.45) is 0. The van der Waals surface area contributed by atoms with Crippen LogP contribution in [0.15, 0.2) is 352 Å². The van der Waals surface area contributed by atoms with Crippen LogP contribution in [0, 0.1) is 0 Å². The van der Waals surface area contributed by atoms with Crippen molar-refractivity contribution in [3.63, 3.8) is 0 Å². The molecule has 0 fully saturated rings. The van der Waals surface area contributed by atoms with Gasteiger partial charge in [0.25, 0.3) is 20.1 Å². The first-order valence-electron chi connectivity index (χ1n) is 34.8. The second-order valence-corrected chi connectivity index (χ2v) is 26.7. The molecule has 476 valence electrons. The highest BCUT2D eigenvalue weighted by Gasteiger charge is 2.50. The molecule has 0 N–H and O–H groups in total. The molecule has 0 bridgehead atoms. The van der Waals surface area contributed by atoms with Gasteiger partial charge in [-0.3, -0.25) is 0 Å². The highest BCUT2D eigenvalue weighted by Crippen LogP contribution is 2.52. The lowest BCUT2D eigenvalue weighted by molar-refractivity contribution is 0.464. The Morgan fingerprint density at radius 1 is 0.186 bits per heavy atom. The van der Waals surface area contributed by atoms with E-state index in [4.69, 9.17) is 18.9 Å². The van der Waals surface area contributed by atoms with Gasteiger partial charge >= 0.3 is 0 Å². The van der Waals surface area contributed by atoms with Crippen molar-refractivity contribution in [3.8, 4) is 46.0 Å². The number of anilines is 15. The zero-order valence-electron chi connectivity index (χ0n) is 55.1. The van der Waals surface area contributed by atoms with Crippen LogP contribution in [-0.4, -0.2) is 20.1 Å². The summed E-state index contributed by atoms with van der Waals surface area (Å²) < 4.78 is 29.6. The molecule has 9 nitrogen and oxygen atoms in total. The van der Waals surface area contributed by atoms with Crippen molar-refractivity contribution in [3.05, 3.63) is 352 Å². The molecule has 0 saturated carbocycles. The predicted molar refractivity (Wildman–Crippen MR) is 420 cm³/mol. The maximum Gasteiger partial charge on any atom is 0.260 e. The summed E-state index contributed by atoms with van der Waals surface area (Å²) in [5.41, 5.74) is 24.8. The highest BCUT2D eigenvalue weighted by molar-refractivity contribution is 7.03. The molecule has 6 aliphatic heterocycles. The first-order chi connectivity index (χ1) is 50.6. The van der Waals surface area contributed by atoms with Gasteiger partial charge in [0.05, 0.1) is 17.1 Å². The number of ether oxygens (including phenoxy) is 4. The third-order valence-corrected chi connectivity index (χ3v) is 20.9. The van der Waals surface area contributed by atoms with Crippen molar-refractivity contribution in [2.75, 3.05) is 24.5 Å². The van der Waals surface area contributed by atoms with E-state index in [2.05, 4.69) is 376 Å². The summed E-state index contributed by atoms with van der Waals surface area (Å²) in [5.74, 6) is 6.15. The normalized spacial score (nSPS) is 13.1. The molecule has 0 amide bonds. The smallest absolute Gasteiger partial charge is 0.260 e.